The van der Waals surface area contributed by atoms with Gasteiger partial charge >= 0.3 is 5.97 Å². The molecule has 2 aromatic rings. The van der Waals surface area contributed by atoms with E-state index in [9.17, 15) is 9.59 Å². The lowest BCUT2D eigenvalue weighted by molar-refractivity contribution is 0.0525. The van der Waals surface area contributed by atoms with Crippen molar-refractivity contribution in [3.63, 3.8) is 0 Å². The fourth-order valence-electron chi connectivity index (χ4n) is 3.62. The molecule has 1 N–H and O–H groups in total. The van der Waals surface area contributed by atoms with Gasteiger partial charge in [-0.05, 0) is 38.5 Å². The van der Waals surface area contributed by atoms with Crippen molar-refractivity contribution in [1.29, 1.82) is 0 Å². The van der Waals surface area contributed by atoms with E-state index in [1.165, 1.54) is 0 Å². The van der Waals surface area contributed by atoms with E-state index in [1.807, 2.05) is 35.2 Å². The van der Waals surface area contributed by atoms with E-state index in [0.717, 1.165) is 25.4 Å². The molecule has 1 amide bonds. The molecule has 0 saturated carbocycles. The second-order valence-electron chi connectivity index (χ2n) is 7.14. The molecule has 1 aromatic heterocycles. The number of aryl methyl sites for hydroxylation is 1. The van der Waals surface area contributed by atoms with Gasteiger partial charge in [0, 0.05) is 38.4 Å². The maximum absolute atomic E-state index is 13.0. The number of nitrogens with zero attached hydrogens (tertiary/aromatic N) is 2. The summed E-state index contributed by atoms with van der Waals surface area (Å²) in [5, 5.41) is 0. The first kappa shape index (κ1) is 20.9. The largest absolute Gasteiger partial charge is 0.492 e. The van der Waals surface area contributed by atoms with E-state index in [-0.39, 0.29) is 11.9 Å². The Kier molecular flexibility index (Phi) is 6.93. The summed E-state index contributed by atoms with van der Waals surface area (Å²) in [4.78, 5) is 32.3. The van der Waals surface area contributed by atoms with Crippen LogP contribution >= 0.6 is 0 Å². The van der Waals surface area contributed by atoms with E-state index >= 15 is 0 Å². The van der Waals surface area contributed by atoms with Crippen molar-refractivity contribution in [3.05, 3.63) is 52.8 Å². The van der Waals surface area contributed by atoms with Gasteiger partial charge in [0.05, 0.1) is 12.2 Å². The standard InChI is InChI=1S/C22H29N3O4/c1-4-28-22(27)19-16(2)20(23-17(19)3)21(26)25-12-10-24(11-13-25)14-15-29-18-8-6-5-7-9-18/h5-9,23H,4,10-15H2,1-3H3. The maximum Gasteiger partial charge on any atom is 0.340 e. The Morgan fingerprint density at radius 2 is 1.76 bits per heavy atom. The number of nitrogens with one attached hydrogen (secondary N) is 1. The molecule has 1 fully saturated rings. The number of para-hydroxylation sites is 1. The van der Waals surface area contributed by atoms with Crippen molar-refractivity contribution in [2.24, 2.45) is 0 Å². The minimum atomic E-state index is -0.388. The number of piperazine rings is 1. The highest BCUT2D eigenvalue weighted by Gasteiger charge is 2.28. The first-order chi connectivity index (χ1) is 14.0. The van der Waals surface area contributed by atoms with Gasteiger partial charge < -0.3 is 19.4 Å². The Hall–Kier alpha value is -2.80. The molecule has 0 atom stereocenters. The van der Waals surface area contributed by atoms with Gasteiger partial charge in [-0.25, -0.2) is 4.79 Å². The summed E-state index contributed by atoms with van der Waals surface area (Å²) >= 11 is 0. The lowest BCUT2D eigenvalue weighted by Crippen LogP contribution is -2.49. The number of carbonyl (C=O) groups is 2. The monoisotopic (exact) mass is 399 g/mol. The zero-order chi connectivity index (χ0) is 20.8. The summed E-state index contributed by atoms with van der Waals surface area (Å²) in [5.74, 6) is 0.415. The fourth-order valence-corrected chi connectivity index (χ4v) is 3.62. The molecule has 156 valence electrons. The van der Waals surface area contributed by atoms with Crippen molar-refractivity contribution in [2.45, 2.75) is 20.8 Å². The third kappa shape index (κ3) is 4.98. The minimum Gasteiger partial charge on any atom is -0.492 e. The van der Waals surface area contributed by atoms with Crippen molar-refractivity contribution in [1.82, 2.24) is 14.8 Å². The topological polar surface area (TPSA) is 74.9 Å². The van der Waals surface area contributed by atoms with Crippen LogP contribution in [0.1, 0.15) is 39.0 Å². The van der Waals surface area contributed by atoms with E-state index in [1.54, 1.807) is 20.8 Å². The fraction of sp³-hybridized carbons (Fsp3) is 0.455. The minimum absolute atomic E-state index is 0.0682. The molecule has 3 rings (SSSR count). The van der Waals surface area contributed by atoms with Crippen LogP contribution < -0.4 is 4.74 Å². The van der Waals surface area contributed by atoms with Crippen LogP contribution in [0.15, 0.2) is 30.3 Å². The molecule has 1 saturated heterocycles. The van der Waals surface area contributed by atoms with Crippen LogP contribution in [-0.2, 0) is 4.74 Å². The number of rotatable bonds is 7. The highest BCUT2D eigenvalue weighted by molar-refractivity contribution is 6.00. The quantitative estimate of drug-likeness (QED) is 0.725. The number of benzene rings is 1. The lowest BCUT2D eigenvalue weighted by Gasteiger charge is -2.34. The summed E-state index contributed by atoms with van der Waals surface area (Å²) in [5.41, 5.74) is 2.27. The number of hydrogen-bond acceptors (Lipinski definition) is 5. The van der Waals surface area contributed by atoms with Crippen LogP contribution in [0.2, 0.25) is 0 Å². The molecule has 0 unspecified atom stereocenters. The SMILES string of the molecule is CCOC(=O)c1c(C)[nH]c(C(=O)N2CCN(CCOc3ccccc3)CC2)c1C. The molecule has 7 heteroatoms. The van der Waals surface area contributed by atoms with Gasteiger partial charge in [0.15, 0.2) is 0 Å². The van der Waals surface area contributed by atoms with Crippen molar-refractivity contribution >= 4 is 11.9 Å². The molecule has 0 spiro atoms. The van der Waals surface area contributed by atoms with Gasteiger partial charge in [0.2, 0.25) is 0 Å². The van der Waals surface area contributed by atoms with Crippen molar-refractivity contribution < 1.29 is 19.1 Å². The average molecular weight is 399 g/mol. The third-order valence-corrected chi connectivity index (χ3v) is 5.21. The van der Waals surface area contributed by atoms with Crippen LogP contribution in [0.4, 0.5) is 0 Å². The van der Waals surface area contributed by atoms with Gasteiger partial charge in [-0.1, -0.05) is 18.2 Å². The summed E-state index contributed by atoms with van der Waals surface area (Å²) in [6.45, 7) is 10.0. The number of aromatic nitrogens is 1. The van der Waals surface area contributed by atoms with E-state index in [0.29, 0.717) is 48.8 Å². The number of H-pyrrole nitrogens is 1. The van der Waals surface area contributed by atoms with Gasteiger partial charge in [-0.2, -0.15) is 0 Å². The molecular formula is C22H29N3O4. The van der Waals surface area contributed by atoms with Gasteiger partial charge in [-0.15, -0.1) is 0 Å². The van der Waals surface area contributed by atoms with Crippen LogP contribution in [0.25, 0.3) is 0 Å². The molecule has 0 bridgehead atoms. The zero-order valence-electron chi connectivity index (χ0n) is 17.4. The number of ether oxygens (including phenoxy) is 2. The predicted octanol–water partition coefficient (Wildman–Crippen LogP) is 2.65. The second kappa shape index (κ2) is 9.60. The number of amides is 1. The van der Waals surface area contributed by atoms with Gasteiger partial charge in [0.25, 0.3) is 5.91 Å². The molecule has 7 nitrogen and oxygen atoms in total. The van der Waals surface area contributed by atoms with Crippen LogP contribution in [0, 0.1) is 13.8 Å². The molecule has 1 aliphatic heterocycles. The highest BCUT2D eigenvalue weighted by atomic mass is 16.5. The lowest BCUT2D eigenvalue weighted by atomic mass is 10.1. The molecule has 0 aliphatic carbocycles. The Labute approximate surface area is 171 Å². The smallest absolute Gasteiger partial charge is 0.340 e. The van der Waals surface area contributed by atoms with E-state index < -0.39 is 0 Å². The number of hydrogen-bond donors (Lipinski definition) is 1. The average Bonchev–Trinajstić information content (AvgIpc) is 3.03. The Morgan fingerprint density at radius 1 is 1.07 bits per heavy atom. The predicted molar refractivity (Wildman–Crippen MR) is 111 cm³/mol. The van der Waals surface area contributed by atoms with Gasteiger partial charge in [-0.3, -0.25) is 9.69 Å². The third-order valence-electron chi connectivity index (χ3n) is 5.21. The van der Waals surface area contributed by atoms with Crippen molar-refractivity contribution in [3.8, 4) is 5.75 Å². The zero-order valence-corrected chi connectivity index (χ0v) is 17.4. The van der Waals surface area contributed by atoms with Crippen LogP contribution in [0.5, 0.6) is 5.75 Å². The van der Waals surface area contributed by atoms with Gasteiger partial charge in [0.1, 0.15) is 18.1 Å². The molecular weight excluding hydrogens is 370 g/mol. The normalized spacial score (nSPS) is 14.7. The Balaban J connectivity index is 1.52. The Bertz CT molecular complexity index is 839. The second-order valence-corrected chi connectivity index (χ2v) is 7.14. The highest BCUT2D eigenvalue weighted by Crippen LogP contribution is 2.21. The van der Waals surface area contributed by atoms with Crippen LogP contribution in [0.3, 0.4) is 0 Å². The molecule has 29 heavy (non-hydrogen) atoms. The first-order valence-electron chi connectivity index (χ1n) is 10.1. The molecule has 2 heterocycles. The van der Waals surface area contributed by atoms with Crippen LogP contribution in [-0.4, -0.2) is 72.6 Å². The van der Waals surface area contributed by atoms with E-state index in [2.05, 4.69) is 9.88 Å². The number of aromatic amines is 1. The molecule has 1 aliphatic rings. The number of esters is 1. The summed E-state index contributed by atoms with van der Waals surface area (Å²) in [6.07, 6.45) is 0. The molecule has 1 aromatic carbocycles. The summed E-state index contributed by atoms with van der Waals surface area (Å²) in [7, 11) is 0. The van der Waals surface area contributed by atoms with E-state index in [4.69, 9.17) is 9.47 Å². The summed E-state index contributed by atoms with van der Waals surface area (Å²) in [6, 6.07) is 9.77. The molecule has 0 radical (unpaired) electrons. The Morgan fingerprint density at radius 3 is 2.41 bits per heavy atom. The van der Waals surface area contributed by atoms with Crippen molar-refractivity contribution in [2.75, 3.05) is 45.9 Å². The number of carbonyl (C=O) groups excluding carboxylic acids is 2. The first-order valence-corrected chi connectivity index (χ1v) is 10.1. The maximum atomic E-state index is 13.0. The summed E-state index contributed by atoms with van der Waals surface area (Å²) < 4.78 is 10.9.